The Morgan fingerprint density at radius 1 is 0.625 bits per heavy atom. The van der Waals surface area contributed by atoms with Gasteiger partial charge in [-0.15, -0.1) is 0 Å². The zero-order chi connectivity index (χ0) is 51.2. The second-order valence-electron chi connectivity index (χ2n) is 18.2. The van der Waals surface area contributed by atoms with Gasteiger partial charge in [-0.1, -0.05) is 76.7 Å². The number of carbonyl (C=O) groups excluding carboxylic acids is 2. The number of nitrogens with one attached hydrogen (secondary N) is 2. The molecular weight excluding hydrogens is 1040 g/mol. The number of benzene rings is 6. The Balaban J connectivity index is 0.952. The van der Waals surface area contributed by atoms with E-state index in [2.05, 4.69) is 10.6 Å². The summed E-state index contributed by atoms with van der Waals surface area (Å²) in [6, 6.07) is 11.4. The van der Waals surface area contributed by atoms with E-state index in [0.717, 1.165) is 61.0 Å². The van der Waals surface area contributed by atoms with Gasteiger partial charge in [0.15, 0.2) is 0 Å². The number of amides is 2. The number of fused-ring (bicyclic) bond motifs is 6. The van der Waals surface area contributed by atoms with Crippen LogP contribution in [0, 0.1) is 40.8 Å². The zero-order valence-electron chi connectivity index (χ0n) is 36.8. The Morgan fingerprint density at radius 3 is 1.57 bits per heavy atom. The van der Waals surface area contributed by atoms with Crippen molar-refractivity contribution in [2.45, 2.75) is 55.0 Å². The highest BCUT2D eigenvalue weighted by molar-refractivity contribution is 6.40. The number of carbonyl (C=O) groups is 4. The van der Waals surface area contributed by atoms with Crippen LogP contribution in [0.1, 0.15) is 73.2 Å². The average molecular weight is 1070 g/mol. The normalized spacial score (nSPS) is 19.8. The molecule has 72 heavy (non-hydrogen) atoms. The fourth-order valence-corrected chi connectivity index (χ4v) is 11.6. The monoisotopic (exact) mass is 1070 g/mol. The molecule has 6 aromatic carbocycles. The minimum atomic E-state index is -1.79. The molecule has 2 unspecified atom stereocenters. The van der Waals surface area contributed by atoms with E-state index < -0.39 is 99.6 Å². The van der Waals surface area contributed by atoms with E-state index in [0.29, 0.717) is 40.2 Å². The lowest BCUT2D eigenvalue weighted by Crippen LogP contribution is -2.43. The molecule has 370 valence electrons. The van der Waals surface area contributed by atoms with Crippen LogP contribution >= 0.6 is 46.4 Å². The molecule has 0 saturated heterocycles. The first-order chi connectivity index (χ1) is 34.3. The summed E-state index contributed by atoms with van der Waals surface area (Å²) >= 11 is 25.8. The number of hydrogen-bond acceptors (Lipinski definition) is 6. The summed E-state index contributed by atoms with van der Waals surface area (Å²) in [5, 5.41) is 24.8. The average Bonchev–Trinajstić information content (AvgIpc) is 4.23. The molecule has 2 heterocycles. The SMILES string of the molecule is O=C(N[C@@H](Cc1ccc(-c2c(Cl)cc(F)cc2Cl)c2c1C1CC1(c1cc(F)c(C(=O)N[C@@H](Cc3ccc(-c4c(Cl)cc(F)cc4Cl)c4c3[C@H]3C[C@H]3CO4)C(=O)O)c(F)c1)CO2)C(=O)O)c1c(F)cccc1F. The molecule has 0 bridgehead atoms. The number of aliphatic carboxylic acids is 2. The minimum absolute atomic E-state index is 0.0195. The lowest BCUT2D eigenvalue weighted by molar-refractivity contribution is -0.140. The van der Waals surface area contributed by atoms with E-state index in [4.69, 9.17) is 55.9 Å². The lowest BCUT2D eigenvalue weighted by Gasteiger charge is -2.30. The number of carboxylic acids is 2. The van der Waals surface area contributed by atoms with Crippen molar-refractivity contribution < 1.29 is 65.2 Å². The third-order valence-electron chi connectivity index (χ3n) is 13.8. The highest BCUT2D eigenvalue weighted by Gasteiger charge is 2.61. The van der Waals surface area contributed by atoms with Crippen LogP contribution in [0.4, 0.5) is 26.3 Å². The van der Waals surface area contributed by atoms with Gasteiger partial charge in [0.1, 0.15) is 69.6 Å². The highest BCUT2D eigenvalue weighted by Crippen LogP contribution is 2.67. The van der Waals surface area contributed by atoms with Gasteiger partial charge in [0.2, 0.25) is 0 Å². The second kappa shape index (κ2) is 18.5. The molecule has 2 aliphatic carbocycles. The first kappa shape index (κ1) is 49.1. The Labute approximate surface area is 424 Å². The van der Waals surface area contributed by atoms with Crippen molar-refractivity contribution in [3.63, 3.8) is 0 Å². The molecule has 4 N–H and O–H groups in total. The second-order valence-corrected chi connectivity index (χ2v) is 19.8. The van der Waals surface area contributed by atoms with E-state index in [1.807, 2.05) is 0 Å². The smallest absolute Gasteiger partial charge is 0.326 e. The predicted molar refractivity (Wildman–Crippen MR) is 252 cm³/mol. The third-order valence-corrected chi connectivity index (χ3v) is 15.0. The van der Waals surface area contributed by atoms with Crippen LogP contribution in [-0.4, -0.2) is 59.3 Å². The molecule has 0 radical (unpaired) electrons. The van der Waals surface area contributed by atoms with Crippen LogP contribution in [0.2, 0.25) is 20.1 Å². The highest BCUT2D eigenvalue weighted by atomic mass is 35.5. The van der Waals surface area contributed by atoms with E-state index in [-0.39, 0.29) is 79.4 Å². The molecule has 6 aromatic rings. The molecule has 2 fully saturated rings. The van der Waals surface area contributed by atoms with Crippen LogP contribution in [-0.2, 0) is 27.8 Å². The van der Waals surface area contributed by atoms with Crippen LogP contribution in [0.5, 0.6) is 11.5 Å². The van der Waals surface area contributed by atoms with Gasteiger partial charge in [-0.05, 0) is 84.0 Å². The Hall–Kier alpha value is -6.46. The maximum absolute atomic E-state index is 16.4. The maximum Gasteiger partial charge on any atom is 0.326 e. The number of hydrogen-bond donors (Lipinski definition) is 4. The molecular formula is C52H34Cl4F6N2O8. The van der Waals surface area contributed by atoms with Gasteiger partial charge in [-0.3, -0.25) is 9.59 Å². The first-order valence-corrected chi connectivity index (χ1v) is 23.6. The molecule has 2 aliphatic heterocycles. The van der Waals surface area contributed by atoms with Gasteiger partial charge < -0.3 is 30.3 Å². The van der Waals surface area contributed by atoms with Gasteiger partial charge in [-0.25, -0.2) is 35.9 Å². The van der Waals surface area contributed by atoms with Gasteiger partial charge in [0, 0.05) is 63.5 Å². The van der Waals surface area contributed by atoms with Crippen LogP contribution in [0.25, 0.3) is 22.3 Å². The molecule has 20 heteroatoms. The van der Waals surface area contributed by atoms with Crippen molar-refractivity contribution in [2.75, 3.05) is 13.2 Å². The zero-order valence-corrected chi connectivity index (χ0v) is 39.8. The van der Waals surface area contributed by atoms with E-state index >= 15 is 8.78 Å². The largest absolute Gasteiger partial charge is 0.492 e. The first-order valence-electron chi connectivity index (χ1n) is 22.1. The number of ether oxygens (including phenoxy) is 2. The van der Waals surface area contributed by atoms with E-state index in [9.17, 15) is 47.0 Å². The quantitative estimate of drug-likeness (QED) is 0.0835. The van der Waals surface area contributed by atoms with E-state index in [1.165, 1.54) is 12.1 Å². The van der Waals surface area contributed by atoms with Crippen LogP contribution in [0.3, 0.4) is 0 Å². The summed E-state index contributed by atoms with van der Waals surface area (Å²) in [4.78, 5) is 52.2. The van der Waals surface area contributed by atoms with Gasteiger partial charge in [0.05, 0.1) is 33.3 Å². The Kier molecular flexibility index (Phi) is 12.7. The number of carboxylic acid groups (broad SMARTS) is 2. The summed E-state index contributed by atoms with van der Waals surface area (Å²) in [5.41, 5.74) is -0.464. The summed E-state index contributed by atoms with van der Waals surface area (Å²) in [5.74, 6) is -12.5. The van der Waals surface area contributed by atoms with E-state index in [1.54, 1.807) is 12.1 Å². The predicted octanol–water partition coefficient (Wildman–Crippen LogP) is 11.6. The van der Waals surface area contributed by atoms with Gasteiger partial charge in [-0.2, -0.15) is 0 Å². The Morgan fingerprint density at radius 2 is 1.08 bits per heavy atom. The summed E-state index contributed by atoms with van der Waals surface area (Å²) in [6.45, 7) is 0.121. The fraction of sp³-hybridized carbons (Fsp3) is 0.231. The van der Waals surface area contributed by atoms with Crippen molar-refractivity contribution in [2.24, 2.45) is 5.92 Å². The van der Waals surface area contributed by atoms with Crippen molar-refractivity contribution >= 4 is 70.2 Å². The lowest BCUT2D eigenvalue weighted by atomic mass is 9.84. The fourth-order valence-electron chi connectivity index (χ4n) is 10.2. The third kappa shape index (κ3) is 8.65. The molecule has 4 aliphatic rings. The molecule has 2 amide bonds. The summed E-state index contributed by atoms with van der Waals surface area (Å²) in [6.07, 6.45) is 0.0477. The Bertz CT molecular complexity index is 3270. The molecule has 6 atom stereocenters. The number of halogens is 10. The molecule has 10 rings (SSSR count). The van der Waals surface area contributed by atoms with Crippen LogP contribution < -0.4 is 20.1 Å². The van der Waals surface area contributed by atoms with Crippen molar-refractivity contribution in [1.82, 2.24) is 10.6 Å². The topological polar surface area (TPSA) is 151 Å². The van der Waals surface area contributed by atoms with Crippen molar-refractivity contribution in [3.8, 4) is 33.8 Å². The molecule has 10 nitrogen and oxygen atoms in total. The maximum atomic E-state index is 16.4. The summed E-state index contributed by atoms with van der Waals surface area (Å²) < 4.78 is 103. The summed E-state index contributed by atoms with van der Waals surface area (Å²) in [7, 11) is 0. The van der Waals surface area contributed by atoms with Crippen molar-refractivity contribution in [3.05, 3.63) is 173 Å². The van der Waals surface area contributed by atoms with Crippen LogP contribution in [0.15, 0.2) is 78.9 Å². The standard InChI is InChI=1S/C52H34Cl4F6N2O8/c53-30-13-24(57)14-31(54)42(30)26-6-4-20(40-28-8-22(28)18-71-46(26)40)9-38(50(67)68)64-49(66)45-36(61)11-23(12-37(45)62)52-17-29(52)41-21(10-39(51(69)70)63-48(65)44-34(59)2-1-3-35(44)60)5-7-27(47(41)72-19-52)43-32(55)15-25(58)16-33(43)56/h1-7,11-16,22,28-29,38-39H,8-10,17-19H2,(H,63,65)(H,64,66)(H,67,68)(H,69,70)/t22-,28-,29?,38-,39-,52?/m0/s1. The van der Waals surface area contributed by atoms with Gasteiger partial charge in [0.25, 0.3) is 11.8 Å². The molecule has 0 spiro atoms. The minimum Gasteiger partial charge on any atom is -0.492 e. The molecule has 0 aromatic heterocycles. The molecule has 2 saturated carbocycles. The number of rotatable bonds is 13. The van der Waals surface area contributed by atoms with Crippen molar-refractivity contribution in [1.29, 1.82) is 0 Å². The van der Waals surface area contributed by atoms with Gasteiger partial charge >= 0.3 is 11.9 Å².